The minimum atomic E-state index is -0.783. The van der Waals surface area contributed by atoms with Gasteiger partial charge in [0.1, 0.15) is 12.1 Å². The summed E-state index contributed by atoms with van der Waals surface area (Å²) in [5.74, 6) is -1.07. The van der Waals surface area contributed by atoms with Gasteiger partial charge in [-0.2, -0.15) is 0 Å². The summed E-state index contributed by atoms with van der Waals surface area (Å²) in [6, 6.07) is -2.71. The lowest BCUT2D eigenvalue weighted by Crippen LogP contribution is -2.60. The van der Waals surface area contributed by atoms with Crippen LogP contribution in [0.25, 0.3) is 0 Å². The highest BCUT2D eigenvalue weighted by Crippen LogP contribution is 2.27. The van der Waals surface area contributed by atoms with Gasteiger partial charge in [0.25, 0.3) is 0 Å². The Hall–Kier alpha value is -2.50. The Bertz CT molecular complexity index is 1000. The Morgan fingerprint density at radius 2 is 1.49 bits per heavy atom. The van der Waals surface area contributed by atoms with Crippen LogP contribution in [0.3, 0.4) is 0 Å². The Morgan fingerprint density at radius 1 is 0.907 bits per heavy atom. The zero-order valence-corrected chi connectivity index (χ0v) is 27.9. The Kier molecular flexibility index (Phi) is 13.6. The number of rotatable bonds is 12. The van der Waals surface area contributed by atoms with E-state index in [1.807, 2.05) is 34.6 Å². The molecule has 11 heteroatoms. The second-order valence-electron chi connectivity index (χ2n) is 13.9. The molecule has 4 atom stereocenters. The van der Waals surface area contributed by atoms with Crippen molar-refractivity contribution in [2.45, 2.75) is 124 Å². The van der Waals surface area contributed by atoms with Gasteiger partial charge in [-0.15, -0.1) is 0 Å². The highest BCUT2D eigenvalue weighted by molar-refractivity contribution is 5.97. The number of likely N-dealkylation sites (tertiary alicyclic amines) is 2. The van der Waals surface area contributed by atoms with Crippen LogP contribution in [0.4, 0.5) is 0 Å². The number of likely N-dealkylation sites (N-methyl/N-ethyl adjacent to an activating group) is 1. The Labute approximate surface area is 258 Å². The number of nitrogens with zero attached hydrogens (tertiary/aromatic N) is 3. The summed E-state index contributed by atoms with van der Waals surface area (Å²) in [6.07, 6.45) is 5.73. The summed E-state index contributed by atoms with van der Waals surface area (Å²) in [6.45, 7) is 16.1. The summed E-state index contributed by atoms with van der Waals surface area (Å²) in [4.78, 5) is 59.4. The lowest BCUT2D eigenvalue weighted by Gasteiger charge is -2.41. The van der Waals surface area contributed by atoms with Crippen molar-refractivity contribution in [1.82, 2.24) is 25.3 Å². The molecule has 2 rings (SSSR count). The van der Waals surface area contributed by atoms with Gasteiger partial charge in [-0.1, -0.05) is 47.1 Å². The van der Waals surface area contributed by atoms with Crippen LogP contribution in [0, 0.1) is 11.3 Å². The second-order valence-corrected chi connectivity index (χ2v) is 13.9. The summed E-state index contributed by atoms with van der Waals surface area (Å²) in [5.41, 5.74) is -0.129. The molecule has 0 aromatic rings. The number of carbonyl (C=O) groups is 4. The van der Waals surface area contributed by atoms with Crippen molar-refractivity contribution in [1.29, 1.82) is 0 Å². The predicted octanol–water partition coefficient (Wildman–Crippen LogP) is 1.67. The largest absolute Gasteiger partial charge is 0.394 e. The smallest absolute Gasteiger partial charge is 0.249 e. The molecular formula is C32H57N5O6. The molecule has 2 unspecified atom stereocenters. The predicted molar refractivity (Wildman–Crippen MR) is 167 cm³/mol. The van der Waals surface area contributed by atoms with Gasteiger partial charge in [-0.05, 0) is 64.3 Å². The molecule has 0 saturated carbocycles. The molecule has 2 aliphatic rings. The van der Waals surface area contributed by atoms with E-state index in [0.717, 1.165) is 25.8 Å². The fourth-order valence-corrected chi connectivity index (χ4v) is 6.13. The zero-order chi connectivity index (χ0) is 32.6. The van der Waals surface area contributed by atoms with Crippen LogP contribution in [-0.4, -0.2) is 118 Å². The van der Waals surface area contributed by atoms with E-state index in [4.69, 9.17) is 0 Å². The number of aliphatic hydroxyl groups excluding tert-OH is 2. The molecule has 0 radical (unpaired) electrons. The molecule has 2 fully saturated rings. The van der Waals surface area contributed by atoms with Gasteiger partial charge >= 0.3 is 0 Å². The van der Waals surface area contributed by atoms with Gasteiger partial charge < -0.3 is 30.6 Å². The van der Waals surface area contributed by atoms with Crippen LogP contribution in [0.5, 0.6) is 0 Å². The average Bonchev–Trinajstić information content (AvgIpc) is 3.45. The highest BCUT2D eigenvalue weighted by atomic mass is 16.3. The quantitative estimate of drug-likeness (QED) is 0.247. The summed E-state index contributed by atoms with van der Waals surface area (Å²) < 4.78 is 0. The number of nitrogens with one attached hydrogen (secondary N) is 2. The van der Waals surface area contributed by atoms with Gasteiger partial charge in [-0.25, -0.2) is 0 Å². The molecule has 4 N–H and O–H groups in total. The van der Waals surface area contributed by atoms with Gasteiger partial charge in [0.15, 0.2) is 0 Å². The van der Waals surface area contributed by atoms with E-state index in [1.54, 1.807) is 24.9 Å². The van der Waals surface area contributed by atoms with E-state index in [-0.39, 0.29) is 35.7 Å². The molecule has 43 heavy (non-hydrogen) atoms. The standard InChI is InChI=1S/C32H57N5O6/c1-20(2)26(17-22(5)30(42)37-16-12-14-25(37)28(40)33-23(18-38)19-39)35(9)31(43)27(32(6,7)8)34-29(41)24-13-10-11-15-36(24)21(3)4/h17,20-21,23-27,38-39H,10-16,18-19H2,1-9H3,(H,33,40)(H,34,41)/b22-17+/t24?,25?,26-,27-/m1/s1. The Morgan fingerprint density at radius 3 is 2.02 bits per heavy atom. The highest BCUT2D eigenvalue weighted by Gasteiger charge is 2.40. The lowest BCUT2D eigenvalue weighted by atomic mass is 9.84. The summed E-state index contributed by atoms with van der Waals surface area (Å²) >= 11 is 0. The average molecular weight is 608 g/mol. The number of aliphatic hydroxyl groups is 2. The third-order valence-corrected chi connectivity index (χ3v) is 8.75. The third kappa shape index (κ3) is 9.49. The number of piperidine rings is 1. The molecule has 4 amide bonds. The fraction of sp³-hybridized carbons (Fsp3) is 0.812. The van der Waals surface area contributed by atoms with Gasteiger partial charge in [-0.3, -0.25) is 24.1 Å². The third-order valence-electron chi connectivity index (χ3n) is 8.75. The number of carbonyl (C=O) groups excluding carboxylic acids is 4. The molecule has 0 aliphatic carbocycles. The topological polar surface area (TPSA) is 143 Å². The monoisotopic (exact) mass is 607 g/mol. The van der Waals surface area contributed by atoms with Crippen molar-refractivity contribution in [3.63, 3.8) is 0 Å². The molecule has 2 heterocycles. The molecule has 0 spiro atoms. The van der Waals surface area contributed by atoms with E-state index in [1.165, 1.54) is 4.90 Å². The van der Waals surface area contributed by atoms with Crippen molar-refractivity contribution >= 4 is 23.6 Å². The SMILES string of the molecule is C/C(=C\[C@H](C(C)C)N(C)C(=O)[C@@H](NC(=O)C1CCCCN1C(C)C)C(C)(C)C)C(=O)N1CCCC1C(=O)NC(CO)CO. The van der Waals surface area contributed by atoms with E-state index in [9.17, 15) is 29.4 Å². The number of hydrogen-bond donors (Lipinski definition) is 4. The van der Waals surface area contributed by atoms with Crippen LogP contribution >= 0.6 is 0 Å². The van der Waals surface area contributed by atoms with Crippen molar-refractivity contribution in [2.75, 3.05) is 33.4 Å². The molecule has 0 aromatic carbocycles. The number of hydrogen-bond acceptors (Lipinski definition) is 7. The molecule has 11 nitrogen and oxygen atoms in total. The van der Waals surface area contributed by atoms with Crippen LogP contribution < -0.4 is 10.6 Å². The van der Waals surface area contributed by atoms with Gasteiger partial charge in [0.05, 0.1) is 31.3 Å². The van der Waals surface area contributed by atoms with E-state index >= 15 is 0 Å². The van der Waals surface area contributed by atoms with Gasteiger partial charge in [0, 0.05) is 25.2 Å². The van der Waals surface area contributed by atoms with Crippen molar-refractivity contribution in [3.05, 3.63) is 11.6 Å². The first kappa shape index (κ1) is 36.7. The summed E-state index contributed by atoms with van der Waals surface area (Å²) in [5, 5.41) is 24.4. The minimum absolute atomic E-state index is 0.0321. The van der Waals surface area contributed by atoms with Crippen molar-refractivity contribution in [3.8, 4) is 0 Å². The molecule has 2 saturated heterocycles. The molecule has 2 aliphatic heterocycles. The molecule has 246 valence electrons. The van der Waals surface area contributed by atoms with E-state index in [2.05, 4.69) is 29.4 Å². The maximum Gasteiger partial charge on any atom is 0.249 e. The zero-order valence-electron chi connectivity index (χ0n) is 27.9. The van der Waals surface area contributed by atoms with Crippen LogP contribution in [0.2, 0.25) is 0 Å². The maximum absolute atomic E-state index is 14.1. The molecule has 0 aromatic heterocycles. The minimum Gasteiger partial charge on any atom is -0.394 e. The first-order chi connectivity index (χ1) is 20.0. The summed E-state index contributed by atoms with van der Waals surface area (Å²) in [7, 11) is 1.71. The van der Waals surface area contributed by atoms with Crippen molar-refractivity contribution in [2.24, 2.45) is 11.3 Å². The Balaban J connectivity index is 2.26. The van der Waals surface area contributed by atoms with E-state index < -0.39 is 48.7 Å². The number of amides is 4. The first-order valence-electron chi connectivity index (χ1n) is 15.9. The van der Waals surface area contributed by atoms with E-state index in [0.29, 0.717) is 25.0 Å². The van der Waals surface area contributed by atoms with Crippen LogP contribution in [-0.2, 0) is 19.2 Å². The van der Waals surface area contributed by atoms with Gasteiger partial charge in [0.2, 0.25) is 23.6 Å². The molecule has 0 bridgehead atoms. The second kappa shape index (κ2) is 16.0. The first-order valence-corrected chi connectivity index (χ1v) is 15.9. The normalized spacial score (nSPS) is 21.7. The maximum atomic E-state index is 14.1. The van der Waals surface area contributed by atoms with Crippen LogP contribution in [0.15, 0.2) is 11.6 Å². The molecular weight excluding hydrogens is 550 g/mol. The van der Waals surface area contributed by atoms with Crippen molar-refractivity contribution < 1.29 is 29.4 Å². The van der Waals surface area contributed by atoms with Crippen LogP contribution in [0.1, 0.15) is 87.5 Å². The fourth-order valence-electron chi connectivity index (χ4n) is 6.13. The lowest BCUT2D eigenvalue weighted by molar-refractivity contribution is -0.142.